The Labute approximate surface area is 166 Å². The van der Waals surface area contributed by atoms with Gasteiger partial charge in [0, 0.05) is 18.8 Å². The summed E-state index contributed by atoms with van der Waals surface area (Å²) >= 11 is 0. The van der Waals surface area contributed by atoms with Gasteiger partial charge >= 0.3 is 0 Å². The quantitative estimate of drug-likeness (QED) is 0.797. The minimum Gasteiger partial charge on any atom is -0.493 e. The lowest BCUT2D eigenvalue weighted by atomic mass is 10.1. The maximum Gasteiger partial charge on any atom is 0.259 e. The highest BCUT2D eigenvalue weighted by molar-refractivity contribution is 7.89. The average Bonchev–Trinajstić information content (AvgIpc) is 2.70. The van der Waals surface area contributed by atoms with Gasteiger partial charge in [-0.2, -0.15) is 4.31 Å². The fourth-order valence-corrected chi connectivity index (χ4v) is 5.10. The Morgan fingerprint density at radius 1 is 1.11 bits per heavy atom. The first-order chi connectivity index (χ1) is 13.4. The Hall–Kier alpha value is -2.38. The number of nitrogens with one attached hydrogen (secondary N) is 1. The average molecular weight is 403 g/mol. The molecule has 0 atom stereocenters. The summed E-state index contributed by atoms with van der Waals surface area (Å²) in [5.74, 6) is 0.157. The molecule has 1 N–H and O–H groups in total. The van der Waals surface area contributed by atoms with Crippen molar-refractivity contribution < 1.29 is 17.9 Å². The number of hydrogen-bond acceptors (Lipinski definition) is 4. The van der Waals surface area contributed by atoms with E-state index >= 15 is 0 Å². The molecule has 1 saturated heterocycles. The summed E-state index contributed by atoms with van der Waals surface area (Å²) in [7, 11) is -3.58. The van der Waals surface area contributed by atoms with Crippen molar-refractivity contribution in [3.8, 4) is 5.75 Å². The monoisotopic (exact) mass is 402 g/mol. The van der Waals surface area contributed by atoms with E-state index in [-0.39, 0.29) is 10.8 Å². The molecule has 6 nitrogen and oxygen atoms in total. The van der Waals surface area contributed by atoms with Gasteiger partial charge in [-0.25, -0.2) is 8.42 Å². The van der Waals surface area contributed by atoms with Crippen LogP contribution < -0.4 is 10.1 Å². The number of aryl methyl sites for hydroxylation is 1. The van der Waals surface area contributed by atoms with E-state index in [2.05, 4.69) is 5.32 Å². The highest BCUT2D eigenvalue weighted by Crippen LogP contribution is 2.27. The van der Waals surface area contributed by atoms with Crippen LogP contribution in [-0.2, 0) is 10.0 Å². The Morgan fingerprint density at radius 3 is 2.54 bits per heavy atom. The van der Waals surface area contributed by atoms with Crippen LogP contribution in [-0.4, -0.2) is 38.3 Å². The highest BCUT2D eigenvalue weighted by Gasteiger charge is 2.27. The van der Waals surface area contributed by atoms with E-state index in [1.54, 1.807) is 49.4 Å². The van der Waals surface area contributed by atoms with Crippen molar-refractivity contribution in [2.75, 3.05) is 25.0 Å². The molecule has 1 fully saturated rings. The van der Waals surface area contributed by atoms with Gasteiger partial charge in [0.25, 0.3) is 5.91 Å². The number of para-hydroxylation sites is 1. The van der Waals surface area contributed by atoms with Gasteiger partial charge in [-0.15, -0.1) is 0 Å². The summed E-state index contributed by atoms with van der Waals surface area (Å²) in [6.45, 7) is 5.16. The molecule has 2 aromatic carbocycles. The minimum atomic E-state index is -3.58. The van der Waals surface area contributed by atoms with Crippen LogP contribution in [0.2, 0.25) is 0 Å². The van der Waals surface area contributed by atoms with Crippen molar-refractivity contribution in [1.29, 1.82) is 0 Å². The molecular weight excluding hydrogens is 376 g/mol. The second kappa shape index (κ2) is 8.75. The van der Waals surface area contributed by atoms with E-state index in [0.717, 1.165) is 19.3 Å². The van der Waals surface area contributed by atoms with Crippen molar-refractivity contribution in [2.24, 2.45) is 0 Å². The molecule has 1 amide bonds. The van der Waals surface area contributed by atoms with Crippen LogP contribution in [0, 0.1) is 6.92 Å². The second-order valence-electron chi connectivity index (χ2n) is 6.83. The molecule has 0 aromatic heterocycles. The predicted octanol–water partition coefficient (Wildman–Crippen LogP) is 3.82. The number of amides is 1. The van der Waals surface area contributed by atoms with Gasteiger partial charge in [0.1, 0.15) is 5.75 Å². The molecule has 0 radical (unpaired) electrons. The third-order valence-corrected chi connectivity index (χ3v) is 6.85. The van der Waals surface area contributed by atoms with E-state index in [4.69, 9.17) is 4.74 Å². The van der Waals surface area contributed by atoms with Crippen LogP contribution >= 0.6 is 0 Å². The molecule has 7 heteroatoms. The first-order valence-electron chi connectivity index (χ1n) is 9.57. The van der Waals surface area contributed by atoms with Crippen molar-refractivity contribution >= 4 is 21.6 Å². The fourth-order valence-electron chi connectivity index (χ4n) is 3.33. The van der Waals surface area contributed by atoms with Crippen LogP contribution in [0.4, 0.5) is 5.69 Å². The smallest absolute Gasteiger partial charge is 0.259 e. The summed E-state index contributed by atoms with van der Waals surface area (Å²) in [5, 5.41) is 2.80. The van der Waals surface area contributed by atoms with Crippen molar-refractivity contribution in [1.82, 2.24) is 4.31 Å². The Kier molecular flexibility index (Phi) is 6.36. The van der Waals surface area contributed by atoms with Gasteiger partial charge in [-0.1, -0.05) is 24.6 Å². The van der Waals surface area contributed by atoms with E-state index in [9.17, 15) is 13.2 Å². The third kappa shape index (κ3) is 4.36. The number of benzene rings is 2. The zero-order valence-corrected chi connectivity index (χ0v) is 17.1. The molecule has 150 valence electrons. The van der Waals surface area contributed by atoms with Crippen LogP contribution in [0.25, 0.3) is 0 Å². The molecule has 3 rings (SSSR count). The molecule has 28 heavy (non-hydrogen) atoms. The van der Waals surface area contributed by atoms with E-state index < -0.39 is 10.0 Å². The zero-order valence-electron chi connectivity index (χ0n) is 16.3. The van der Waals surface area contributed by atoms with Crippen molar-refractivity contribution in [2.45, 2.75) is 38.0 Å². The minimum absolute atomic E-state index is 0.241. The number of carbonyl (C=O) groups excluding carboxylic acids is 1. The largest absolute Gasteiger partial charge is 0.493 e. The van der Waals surface area contributed by atoms with Gasteiger partial charge in [0.2, 0.25) is 10.0 Å². The first kappa shape index (κ1) is 20.4. The van der Waals surface area contributed by atoms with Crippen LogP contribution in [0.1, 0.15) is 42.1 Å². The summed E-state index contributed by atoms with van der Waals surface area (Å²) in [6.07, 6.45) is 2.81. The molecule has 1 heterocycles. The second-order valence-corrected chi connectivity index (χ2v) is 8.73. The SMILES string of the molecule is CCOc1ccccc1C(=O)Nc1ccc(C)c(S(=O)(=O)N2CCCCC2)c1. The van der Waals surface area contributed by atoms with E-state index in [1.165, 1.54) is 4.31 Å². The van der Waals surface area contributed by atoms with Crippen LogP contribution in [0.5, 0.6) is 5.75 Å². The summed E-state index contributed by atoms with van der Waals surface area (Å²) in [5.41, 5.74) is 1.51. The fraction of sp³-hybridized carbons (Fsp3) is 0.381. The Bertz CT molecular complexity index is 951. The Balaban J connectivity index is 1.87. The Morgan fingerprint density at radius 2 is 1.82 bits per heavy atom. The molecule has 1 aliphatic heterocycles. The zero-order chi connectivity index (χ0) is 20.1. The molecule has 0 aliphatic carbocycles. The highest BCUT2D eigenvalue weighted by atomic mass is 32.2. The molecule has 0 unspecified atom stereocenters. The number of sulfonamides is 1. The van der Waals surface area contributed by atoms with Gasteiger partial charge in [0.05, 0.1) is 17.1 Å². The van der Waals surface area contributed by atoms with Crippen LogP contribution in [0.15, 0.2) is 47.4 Å². The standard InChI is InChI=1S/C21H26N2O4S/c1-3-27-19-10-6-5-9-18(19)21(24)22-17-12-11-16(2)20(15-17)28(25,26)23-13-7-4-8-14-23/h5-6,9-12,15H,3-4,7-8,13-14H2,1-2H3,(H,22,24). The molecule has 1 aliphatic rings. The third-order valence-electron chi connectivity index (χ3n) is 4.81. The van der Waals surface area contributed by atoms with E-state index in [0.29, 0.717) is 42.3 Å². The summed E-state index contributed by atoms with van der Waals surface area (Å²) < 4.78 is 33.1. The molecular formula is C21H26N2O4S. The van der Waals surface area contributed by atoms with E-state index in [1.807, 2.05) is 6.92 Å². The first-order valence-corrected chi connectivity index (χ1v) is 11.0. The molecule has 2 aromatic rings. The van der Waals surface area contributed by atoms with Gasteiger partial charge in [-0.3, -0.25) is 4.79 Å². The van der Waals surface area contributed by atoms with Crippen molar-refractivity contribution in [3.63, 3.8) is 0 Å². The number of ether oxygens (including phenoxy) is 1. The number of anilines is 1. The lowest BCUT2D eigenvalue weighted by Gasteiger charge is -2.26. The topological polar surface area (TPSA) is 75.7 Å². The van der Waals surface area contributed by atoms with Gasteiger partial charge in [-0.05, 0) is 56.5 Å². The number of rotatable bonds is 6. The normalized spacial score (nSPS) is 15.2. The molecule has 0 saturated carbocycles. The number of hydrogen-bond donors (Lipinski definition) is 1. The number of piperidine rings is 1. The van der Waals surface area contributed by atoms with Gasteiger partial charge in [0.15, 0.2) is 0 Å². The summed E-state index contributed by atoms with van der Waals surface area (Å²) in [4.78, 5) is 12.9. The van der Waals surface area contributed by atoms with Crippen molar-refractivity contribution in [3.05, 3.63) is 53.6 Å². The number of carbonyl (C=O) groups is 1. The number of nitrogens with zero attached hydrogens (tertiary/aromatic N) is 1. The lowest BCUT2D eigenvalue weighted by Crippen LogP contribution is -2.36. The maximum absolute atomic E-state index is 13.0. The predicted molar refractivity (Wildman–Crippen MR) is 109 cm³/mol. The van der Waals surface area contributed by atoms with Crippen LogP contribution in [0.3, 0.4) is 0 Å². The lowest BCUT2D eigenvalue weighted by molar-refractivity contribution is 0.102. The molecule has 0 bridgehead atoms. The van der Waals surface area contributed by atoms with Gasteiger partial charge < -0.3 is 10.1 Å². The maximum atomic E-state index is 13.0. The summed E-state index contributed by atoms with van der Waals surface area (Å²) in [6, 6.07) is 12.0. The molecule has 0 spiro atoms.